The highest BCUT2D eigenvalue weighted by Crippen LogP contribution is 2.32. The predicted molar refractivity (Wildman–Crippen MR) is 72.6 cm³/mol. The van der Waals surface area contributed by atoms with E-state index in [9.17, 15) is 8.42 Å². The van der Waals surface area contributed by atoms with E-state index in [4.69, 9.17) is 10.3 Å². The zero-order valence-electron chi connectivity index (χ0n) is 10.3. The van der Waals surface area contributed by atoms with E-state index in [2.05, 4.69) is 14.2 Å². The molecule has 3 N–H and O–H groups in total. The van der Waals surface area contributed by atoms with E-state index >= 15 is 0 Å². The number of nitrogens with zero attached hydrogens (tertiary/aromatic N) is 3. The van der Waals surface area contributed by atoms with E-state index < -0.39 is 10.4 Å². The summed E-state index contributed by atoms with van der Waals surface area (Å²) in [6, 6.07) is 4.82. The van der Waals surface area contributed by atoms with Gasteiger partial charge in [0, 0.05) is 24.7 Å². The van der Waals surface area contributed by atoms with Crippen LogP contribution in [0.25, 0.3) is 21.9 Å². The Kier molecular flexibility index (Phi) is 2.56. The number of imidazole rings is 1. The summed E-state index contributed by atoms with van der Waals surface area (Å²) >= 11 is 0. The van der Waals surface area contributed by atoms with Gasteiger partial charge in [0.1, 0.15) is 11.0 Å². The molecule has 0 amide bonds. The fourth-order valence-corrected chi connectivity index (χ4v) is 2.41. The molecule has 20 heavy (non-hydrogen) atoms. The Morgan fingerprint density at radius 2 is 2.15 bits per heavy atom. The van der Waals surface area contributed by atoms with Crippen LogP contribution in [0.4, 0.5) is 5.95 Å². The Morgan fingerprint density at radius 1 is 1.40 bits per heavy atom. The monoisotopic (exact) mass is 294 g/mol. The van der Waals surface area contributed by atoms with Crippen LogP contribution in [-0.4, -0.2) is 27.5 Å². The highest BCUT2D eigenvalue weighted by atomic mass is 32.3. The van der Waals surface area contributed by atoms with Crippen molar-refractivity contribution in [2.24, 2.45) is 7.05 Å². The summed E-state index contributed by atoms with van der Waals surface area (Å²) in [5.41, 5.74) is 7.17. The molecule has 2 aromatic heterocycles. The molecule has 8 nitrogen and oxygen atoms in total. The summed E-state index contributed by atoms with van der Waals surface area (Å²) in [7, 11) is -2.96. The maximum atomic E-state index is 10.9. The van der Waals surface area contributed by atoms with Gasteiger partial charge in [0.2, 0.25) is 5.95 Å². The number of aryl methyl sites for hydroxylation is 1. The SMILES string of the molecule is Cn1c(N)nc2c3cccnc3c(OS(=O)(=O)O)cc21. The van der Waals surface area contributed by atoms with Crippen LogP contribution in [0.1, 0.15) is 0 Å². The number of hydrogen-bond acceptors (Lipinski definition) is 6. The van der Waals surface area contributed by atoms with E-state index in [0.717, 1.165) is 0 Å². The molecule has 0 saturated heterocycles. The lowest BCUT2D eigenvalue weighted by Gasteiger charge is -2.06. The highest BCUT2D eigenvalue weighted by Gasteiger charge is 2.17. The molecule has 0 aliphatic rings. The van der Waals surface area contributed by atoms with Crippen LogP contribution in [0.3, 0.4) is 0 Å². The lowest BCUT2D eigenvalue weighted by molar-refractivity contribution is 0.388. The number of hydrogen-bond donors (Lipinski definition) is 2. The second-order valence-electron chi connectivity index (χ2n) is 4.18. The van der Waals surface area contributed by atoms with Gasteiger partial charge in [0.25, 0.3) is 0 Å². The standard InChI is InChI=1S/C11H10N4O4S/c1-15-7-5-8(19-20(16,17)18)10-6(3-2-4-13-10)9(7)14-11(15)12/h2-5H,1H3,(H2,12,14)(H,16,17,18). The fourth-order valence-electron chi connectivity index (χ4n) is 2.05. The van der Waals surface area contributed by atoms with Gasteiger partial charge in [-0.15, -0.1) is 0 Å². The molecular formula is C11H10N4O4S. The van der Waals surface area contributed by atoms with Crippen molar-refractivity contribution in [1.82, 2.24) is 14.5 Å². The van der Waals surface area contributed by atoms with Crippen molar-refractivity contribution in [3.63, 3.8) is 0 Å². The molecule has 0 bridgehead atoms. The quantitative estimate of drug-likeness (QED) is 0.673. The van der Waals surface area contributed by atoms with Crippen molar-refractivity contribution >= 4 is 38.3 Å². The molecule has 0 spiro atoms. The minimum absolute atomic E-state index is 0.0846. The maximum Gasteiger partial charge on any atom is 0.446 e. The molecule has 0 aliphatic heterocycles. The Morgan fingerprint density at radius 3 is 2.85 bits per heavy atom. The van der Waals surface area contributed by atoms with Crippen LogP contribution >= 0.6 is 0 Å². The molecule has 0 saturated carbocycles. The third-order valence-electron chi connectivity index (χ3n) is 2.93. The Bertz CT molecular complexity index is 932. The second kappa shape index (κ2) is 4.05. The van der Waals surface area contributed by atoms with Crippen molar-refractivity contribution in [2.75, 3.05) is 5.73 Å². The number of anilines is 1. The topological polar surface area (TPSA) is 120 Å². The zero-order chi connectivity index (χ0) is 14.5. The molecule has 0 aliphatic carbocycles. The molecule has 3 aromatic rings. The van der Waals surface area contributed by atoms with Gasteiger partial charge in [-0.25, -0.2) is 4.98 Å². The van der Waals surface area contributed by atoms with E-state index in [-0.39, 0.29) is 17.2 Å². The van der Waals surface area contributed by atoms with Gasteiger partial charge in [-0.05, 0) is 12.1 Å². The van der Waals surface area contributed by atoms with Crippen LogP contribution in [-0.2, 0) is 17.4 Å². The van der Waals surface area contributed by atoms with E-state index in [1.54, 1.807) is 23.7 Å². The van der Waals surface area contributed by atoms with Crippen LogP contribution in [0.15, 0.2) is 24.4 Å². The number of rotatable bonds is 2. The van der Waals surface area contributed by atoms with Gasteiger partial charge in [-0.3, -0.25) is 9.54 Å². The number of nitrogens with two attached hydrogens (primary N) is 1. The van der Waals surface area contributed by atoms with Crippen molar-refractivity contribution in [3.05, 3.63) is 24.4 Å². The van der Waals surface area contributed by atoms with E-state index in [1.165, 1.54) is 12.3 Å². The number of nitrogen functional groups attached to an aromatic ring is 1. The Hall–Kier alpha value is -2.39. The van der Waals surface area contributed by atoms with Gasteiger partial charge in [0.05, 0.1) is 5.52 Å². The Labute approximate surface area is 113 Å². The average Bonchev–Trinajstić information content (AvgIpc) is 2.65. The first kappa shape index (κ1) is 12.6. The minimum atomic E-state index is -4.64. The normalized spacial score (nSPS) is 12.1. The molecule has 2 heterocycles. The summed E-state index contributed by atoms with van der Waals surface area (Å²) in [5.74, 6) is 0.188. The van der Waals surface area contributed by atoms with Gasteiger partial charge in [-0.2, -0.15) is 8.42 Å². The fraction of sp³-hybridized carbons (Fsp3) is 0.0909. The van der Waals surface area contributed by atoms with Crippen LogP contribution in [0, 0.1) is 0 Å². The van der Waals surface area contributed by atoms with Crippen LogP contribution < -0.4 is 9.92 Å². The number of fused-ring (bicyclic) bond motifs is 3. The average molecular weight is 294 g/mol. The Balaban J connectivity index is 2.46. The first-order valence-electron chi connectivity index (χ1n) is 5.53. The summed E-state index contributed by atoms with van der Waals surface area (Å²) in [4.78, 5) is 8.28. The number of benzene rings is 1. The van der Waals surface area contributed by atoms with E-state index in [0.29, 0.717) is 16.4 Å². The first-order chi connectivity index (χ1) is 9.37. The van der Waals surface area contributed by atoms with Crippen molar-refractivity contribution in [3.8, 4) is 5.75 Å². The number of pyridine rings is 1. The van der Waals surface area contributed by atoms with Gasteiger partial charge >= 0.3 is 10.4 Å². The lowest BCUT2D eigenvalue weighted by atomic mass is 10.1. The first-order valence-corrected chi connectivity index (χ1v) is 6.90. The lowest BCUT2D eigenvalue weighted by Crippen LogP contribution is -2.07. The second-order valence-corrected chi connectivity index (χ2v) is 5.20. The largest absolute Gasteiger partial charge is 0.446 e. The van der Waals surface area contributed by atoms with Crippen molar-refractivity contribution in [2.45, 2.75) is 0 Å². The maximum absolute atomic E-state index is 10.9. The molecule has 9 heteroatoms. The predicted octanol–water partition coefficient (Wildman–Crippen LogP) is 0.885. The summed E-state index contributed by atoms with van der Waals surface area (Å²) in [6.07, 6.45) is 1.48. The molecule has 0 radical (unpaired) electrons. The molecule has 0 fully saturated rings. The van der Waals surface area contributed by atoms with Crippen LogP contribution in [0.2, 0.25) is 0 Å². The van der Waals surface area contributed by atoms with E-state index in [1.807, 2.05) is 0 Å². The van der Waals surface area contributed by atoms with Crippen molar-refractivity contribution in [1.29, 1.82) is 0 Å². The summed E-state index contributed by atoms with van der Waals surface area (Å²) < 4.78 is 36.9. The summed E-state index contributed by atoms with van der Waals surface area (Å²) in [6.45, 7) is 0. The summed E-state index contributed by atoms with van der Waals surface area (Å²) in [5, 5.41) is 0.580. The molecule has 104 valence electrons. The molecular weight excluding hydrogens is 284 g/mol. The highest BCUT2D eigenvalue weighted by molar-refractivity contribution is 7.81. The molecule has 3 rings (SSSR count). The van der Waals surface area contributed by atoms with Gasteiger partial charge in [0.15, 0.2) is 5.75 Å². The third-order valence-corrected chi connectivity index (χ3v) is 3.32. The number of aromatic nitrogens is 3. The molecule has 0 unspecified atom stereocenters. The van der Waals surface area contributed by atoms with Gasteiger partial charge in [-0.1, -0.05) is 0 Å². The molecule has 1 aromatic carbocycles. The molecule has 0 atom stereocenters. The van der Waals surface area contributed by atoms with Gasteiger partial charge < -0.3 is 14.5 Å². The third kappa shape index (κ3) is 1.92. The zero-order valence-corrected chi connectivity index (χ0v) is 11.1. The van der Waals surface area contributed by atoms with Crippen molar-refractivity contribution < 1.29 is 17.2 Å². The smallest absolute Gasteiger partial charge is 0.369 e. The van der Waals surface area contributed by atoms with Crippen LogP contribution in [0.5, 0.6) is 5.75 Å². The minimum Gasteiger partial charge on any atom is -0.369 e.